The zero-order valence-corrected chi connectivity index (χ0v) is 30.7. The Morgan fingerprint density at radius 3 is 1.90 bits per heavy atom. The van der Waals surface area contributed by atoms with E-state index in [4.69, 9.17) is 4.74 Å². The molecule has 4 aromatic carbocycles. The van der Waals surface area contributed by atoms with Crippen molar-refractivity contribution in [2.24, 2.45) is 10.2 Å². The largest absolute Gasteiger partial charge is 1.00 e. The van der Waals surface area contributed by atoms with Crippen LogP contribution < -0.4 is 98.5 Å². The summed E-state index contributed by atoms with van der Waals surface area (Å²) >= 11 is 0. The maximum Gasteiger partial charge on any atom is 1.00 e. The molecular formula is C22H15N2Na3O11S3. The molecule has 0 saturated carbocycles. The Morgan fingerprint density at radius 1 is 0.780 bits per heavy atom. The number of hydrogen-bond donors (Lipinski definition) is 1. The Kier molecular flexibility index (Phi) is 13.1. The molecule has 0 aliphatic rings. The molecule has 0 aliphatic heterocycles. The summed E-state index contributed by atoms with van der Waals surface area (Å²) in [7, 11) is -14.0. The summed E-state index contributed by atoms with van der Waals surface area (Å²) in [4.78, 5) is -2.59. The average molecular weight is 649 g/mol. The first kappa shape index (κ1) is 38.4. The molecule has 0 amide bonds. The predicted molar refractivity (Wildman–Crippen MR) is 129 cm³/mol. The maximum absolute atomic E-state index is 12.7. The van der Waals surface area contributed by atoms with Crippen molar-refractivity contribution >= 4 is 63.3 Å². The van der Waals surface area contributed by atoms with Gasteiger partial charge in [-0.25, -0.2) is 16.8 Å². The van der Waals surface area contributed by atoms with Crippen molar-refractivity contribution in [3.8, 4) is 11.5 Å². The van der Waals surface area contributed by atoms with E-state index in [0.29, 0.717) is 6.07 Å². The van der Waals surface area contributed by atoms with Crippen molar-refractivity contribution < 1.29 is 137 Å². The minimum Gasteiger partial charge on any atom is -0.871 e. The Labute approximate surface area is 301 Å². The van der Waals surface area contributed by atoms with E-state index < -0.39 is 61.9 Å². The minimum atomic E-state index is -5.42. The molecule has 41 heavy (non-hydrogen) atoms. The Morgan fingerprint density at radius 2 is 1.37 bits per heavy atom. The fraction of sp³-hybridized carbons (Fsp3) is 0.0909. The van der Waals surface area contributed by atoms with Gasteiger partial charge in [0.15, 0.2) is 0 Å². The fourth-order valence-electron chi connectivity index (χ4n) is 3.97. The van der Waals surface area contributed by atoms with Gasteiger partial charge in [0.25, 0.3) is 10.1 Å². The van der Waals surface area contributed by atoms with E-state index in [9.17, 15) is 44.0 Å². The quantitative estimate of drug-likeness (QED) is 0.118. The van der Waals surface area contributed by atoms with E-state index in [2.05, 4.69) is 10.2 Å². The van der Waals surface area contributed by atoms with Gasteiger partial charge in [0.1, 0.15) is 36.6 Å². The molecule has 0 radical (unpaired) electrons. The zero-order chi connectivity index (χ0) is 28.2. The van der Waals surface area contributed by atoms with Crippen LogP contribution in [-0.2, 0) is 30.4 Å². The van der Waals surface area contributed by atoms with Crippen LogP contribution in [0.15, 0.2) is 73.4 Å². The molecule has 0 aromatic heterocycles. The van der Waals surface area contributed by atoms with E-state index >= 15 is 0 Å². The first-order valence-corrected chi connectivity index (χ1v) is 14.5. The first-order chi connectivity index (χ1) is 17.5. The normalized spacial score (nSPS) is 12.0. The molecule has 4 rings (SSSR count). The smallest absolute Gasteiger partial charge is 0.871 e. The summed E-state index contributed by atoms with van der Waals surface area (Å²) in [5.74, 6) is -0.854. The zero-order valence-electron chi connectivity index (χ0n) is 22.3. The third-order valence-electron chi connectivity index (χ3n) is 5.56. The predicted octanol–water partition coefficient (Wildman–Crippen LogP) is -6.13. The van der Waals surface area contributed by atoms with Gasteiger partial charge in [0.05, 0.1) is 22.6 Å². The topological polar surface area (TPSA) is 226 Å². The molecule has 0 spiro atoms. The molecule has 0 aliphatic carbocycles. The van der Waals surface area contributed by atoms with Crippen molar-refractivity contribution in [2.75, 3.05) is 7.11 Å². The van der Waals surface area contributed by atoms with Gasteiger partial charge in [-0.3, -0.25) is 4.55 Å². The number of azo groups is 1. The Hall–Kier alpha value is -0.670. The summed E-state index contributed by atoms with van der Waals surface area (Å²) < 4.78 is 109. The van der Waals surface area contributed by atoms with Crippen molar-refractivity contribution in [2.45, 2.75) is 21.6 Å². The number of fused-ring (bicyclic) bond motifs is 2. The van der Waals surface area contributed by atoms with Gasteiger partial charge in [-0.1, -0.05) is 30.0 Å². The van der Waals surface area contributed by atoms with Crippen LogP contribution in [0.3, 0.4) is 0 Å². The Bertz CT molecular complexity index is 2020. The summed E-state index contributed by atoms with van der Waals surface area (Å²) in [5.41, 5.74) is -0.567. The van der Waals surface area contributed by atoms with Gasteiger partial charge >= 0.3 is 88.7 Å². The second-order valence-electron chi connectivity index (χ2n) is 7.94. The molecule has 0 fully saturated rings. The molecule has 4 aromatic rings. The molecule has 0 unspecified atom stereocenters. The molecule has 13 nitrogen and oxygen atoms in total. The van der Waals surface area contributed by atoms with E-state index in [1.54, 1.807) is 0 Å². The summed E-state index contributed by atoms with van der Waals surface area (Å²) in [6, 6.07) is 8.55. The third-order valence-corrected chi connectivity index (χ3v) is 8.29. The number of benzene rings is 4. The van der Waals surface area contributed by atoms with E-state index in [-0.39, 0.29) is 122 Å². The second-order valence-corrected chi connectivity index (χ2v) is 12.0. The molecule has 0 atom stereocenters. The molecular weight excluding hydrogens is 633 g/mol. The summed E-state index contributed by atoms with van der Waals surface area (Å²) in [6.45, 7) is 1.45. The minimum absolute atomic E-state index is 0. The molecule has 19 heteroatoms. The van der Waals surface area contributed by atoms with Gasteiger partial charge in [0, 0.05) is 16.2 Å². The first-order valence-electron chi connectivity index (χ1n) is 10.2. The van der Waals surface area contributed by atoms with Gasteiger partial charge < -0.3 is 18.9 Å². The monoisotopic (exact) mass is 648 g/mol. The number of hydrogen-bond acceptors (Lipinski definition) is 12. The summed E-state index contributed by atoms with van der Waals surface area (Å²) in [6.07, 6.45) is 0. The van der Waals surface area contributed by atoms with Crippen LogP contribution in [0.1, 0.15) is 5.56 Å². The van der Waals surface area contributed by atoms with Crippen LogP contribution in [0.5, 0.6) is 11.5 Å². The average Bonchev–Trinajstić information content (AvgIpc) is 2.80. The number of nitrogens with zero attached hydrogens (tertiary/aromatic N) is 2. The van der Waals surface area contributed by atoms with E-state index in [1.807, 2.05) is 0 Å². The maximum atomic E-state index is 12.7. The molecule has 0 bridgehead atoms. The SMILES string of the molecule is COc1ccc2c(S(=O)(=O)O)c(C)ccc2c1N=Nc1c([O-])ccc2cc(S(=O)(=O)[O-])cc(S(=O)(=O)[O-])c12.[Na+].[Na+].[Na+]. The van der Waals surface area contributed by atoms with Gasteiger partial charge in [0.2, 0.25) is 0 Å². The number of methoxy groups -OCH3 is 1. The van der Waals surface area contributed by atoms with Crippen LogP contribution in [0.25, 0.3) is 21.5 Å². The van der Waals surface area contributed by atoms with Crippen molar-refractivity contribution in [3.05, 3.63) is 54.1 Å². The molecule has 1 N–H and O–H groups in total. The fourth-order valence-corrected chi connectivity index (χ4v) is 6.24. The van der Waals surface area contributed by atoms with Crippen molar-refractivity contribution in [1.29, 1.82) is 0 Å². The second kappa shape index (κ2) is 14.0. The van der Waals surface area contributed by atoms with Gasteiger partial charge in [-0.15, -0.1) is 5.11 Å². The van der Waals surface area contributed by atoms with Crippen LogP contribution in [-0.4, -0.2) is 46.0 Å². The third kappa shape index (κ3) is 7.89. The molecule has 200 valence electrons. The van der Waals surface area contributed by atoms with E-state index in [0.717, 1.165) is 18.2 Å². The van der Waals surface area contributed by atoms with Crippen LogP contribution >= 0.6 is 0 Å². The summed E-state index contributed by atoms with van der Waals surface area (Å²) in [5, 5.41) is 19.8. The molecule has 0 heterocycles. The van der Waals surface area contributed by atoms with Crippen molar-refractivity contribution in [3.63, 3.8) is 0 Å². The van der Waals surface area contributed by atoms with E-state index in [1.165, 1.54) is 38.3 Å². The standard InChI is InChI=1S/C22H18N2O11S3.3Na/c1-11-3-5-14-15(22(11)38(32,33)34)6-8-17(35-2)20(14)23-24-21-16(25)7-4-12-9-13(36(26,27)28)10-18(19(12)21)37(29,30)31;;;/h3-10,25H,1-2H3,(H,26,27,28)(H,29,30,31)(H,32,33,34);;;/q;3*+1/p-3. The Balaban J connectivity index is 0.00000280. The number of aryl methyl sites for hydroxylation is 1. The number of rotatable bonds is 6. The molecule has 0 saturated heterocycles. The van der Waals surface area contributed by atoms with Crippen LogP contribution in [0.4, 0.5) is 11.4 Å². The van der Waals surface area contributed by atoms with Gasteiger partial charge in [-0.2, -0.15) is 13.5 Å². The van der Waals surface area contributed by atoms with Crippen LogP contribution in [0, 0.1) is 6.92 Å². The van der Waals surface area contributed by atoms with Gasteiger partial charge in [-0.05, 0) is 42.1 Å². The van der Waals surface area contributed by atoms with Crippen molar-refractivity contribution in [1.82, 2.24) is 0 Å². The number of ether oxygens (including phenoxy) is 1. The van der Waals surface area contributed by atoms with Crippen LogP contribution in [0.2, 0.25) is 0 Å².